The van der Waals surface area contributed by atoms with Gasteiger partial charge in [0.05, 0.1) is 12.0 Å². The van der Waals surface area contributed by atoms with Gasteiger partial charge in [0.15, 0.2) is 0 Å². The third-order valence-corrected chi connectivity index (χ3v) is 4.48. The van der Waals surface area contributed by atoms with Crippen LogP contribution in [0.3, 0.4) is 0 Å². The van der Waals surface area contributed by atoms with Gasteiger partial charge in [-0.15, -0.1) is 11.3 Å². The van der Waals surface area contributed by atoms with Crippen molar-refractivity contribution in [1.29, 1.82) is 0 Å². The Labute approximate surface area is 138 Å². The Hall–Kier alpha value is -2.24. The average Bonchev–Trinajstić information content (AvgIpc) is 3.05. The normalized spacial score (nSPS) is 10.7. The minimum absolute atomic E-state index is 0.213. The van der Waals surface area contributed by atoms with Crippen LogP contribution in [-0.4, -0.2) is 12.1 Å². The highest BCUT2D eigenvalue weighted by Gasteiger charge is 2.09. The van der Waals surface area contributed by atoms with E-state index in [-0.39, 0.29) is 5.82 Å². The molecule has 3 aromatic rings. The number of hydrogen-bond acceptors (Lipinski definition) is 4. The second-order valence-electron chi connectivity index (χ2n) is 5.05. The molecule has 0 saturated carbocycles. The van der Waals surface area contributed by atoms with Gasteiger partial charge in [0, 0.05) is 24.8 Å². The number of rotatable bonds is 6. The molecule has 0 aliphatic heterocycles. The van der Waals surface area contributed by atoms with Crippen molar-refractivity contribution in [3.05, 3.63) is 71.1 Å². The molecule has 1 aromatic heterocycles. The van der Waals surface area contributed by atoms with E-state index in [1.165, 1.54) is 12.1 Å². The van der Waals surface area contributed by atoms with Gasteiger partial charge in [0.2, 0.25) is 0 Å². The number of thiazole rings is 1. The molecule has 0 radical (unpaired) electrons. The van der Waals surface area contributed by atoms with Crippen LogP contribution in [0.2, 0.25) is 0 Å². The van der Waals surface area contributed by atoms with Crippen LogP contribution in [0, 0.1) is 5.82 Å². The third-order valence-electron chi connectivity index (χ3n) is 3.44. The van der Waals surface area contributed by atoms with Gasteiger partial charge < -0.3 is 10.1 Å². The molecule has 0 fully saturated rings. The molecule has 3 rings (SSSR count). The van der Waals surface area contributed by atoms with Crippen LogP contribution in [0.5, 0.6) is 5.75 Å². The van der Waals surface area contributed by atoms with Crippen LogP contribution >= 0.6 is 11.3 Å². The number of para-hydroxylation sites is 1. The molecule has 0 unspecified atom stereocenters. The van der Waals surface area contributed by atoms with Crippen molar-refractivity contribution in [3.63, 3.8) is 0 Å². The van der Waals surface area contributed by atoms with Crippen LogP contribution in [0.25, 0.3) is 10.4 Å². The van der Waals surface area contributed by atoms with Crippen LogP contribution in [-0.2, 0) is 13.1 Å². The van der Waals surface area contributed by atoms with Crippen LogP contribution in [0.4, 0.5) is 4.39 Å². The van der Waals surface area contributed by atoms with Crippen molar-refractivity contribution in [2.24, 2.45) is 0 Å². The Morgan fingerprint density at radius 3 is 2.65 bits per heavy atom. The lowest BCUT2D eigenvalue weighted by Crippen LogP contribution is -2.12. The molecule has 2 aromatic carbocycles. The molecular weight excluding hydrogens is 311 g/mol. The fraction of sp³-hybridized carbons (Fsp3) is 0.167. The molecule has 5 heteroatoms. The number of nitrogens with one attached hydrogen (secondary N) is 1. The summed E-state index contributed by atoms with van der Waals surface area (Å²) in [5, 5.41) is 4.33. The summed E-state index contributed by atoms with van der Waals surface area (Å²) in [6.07, 6.45) is 1.87. The highest BCUT2D eigenvalue weighted by Crippen LogP contribution is 2.33. The maximum Gasteiger partial charge on any atom is 0.127 e. The topological polar surface area (TPSA) is 34.1 Å². The molecular formula is C18H17FN2OS. The van der Waals surface area contributed by atoms with Crippen LogP contribution < -0.4 is 10.1 Å². The zero-order valence-electron chi connectivity index (χ0n) is 12.8. The van der Waals surface area contributed by atoms with Crippen LogP contribution in [0.15, 0.2) is 54.7 Å². The number of methoxy groups -OCH3 is 1. The molecule has 0 bridgehead atoms. The predicted octanol–water partition coefficient (Wildman–Crippen LogP) is 4.25. The Morgan fingerprint density at radius 2 is 1.87 bits per heavy atom. The van der Waals surface area contributed by atoms with E-state index in [4.69, 9.17) is 4.74 Å². The Kier molecular flexibility index (Phi) is 5.00. The first kappa shape index (κ1) is 15.6. The molecule has 0 aliphatic rings. The maximum absolute atomic E-state index is 12.9. The highest BCUT2D eigenvalue weighted by atomic mass is 32.1. The van der Waals surface area contributed by atoms with E-state index in [2.05, 4.69) is 10.3 Å². The summed E-state index contributed by atoms with van der Waals surface area (Å²) in [5.74, 6) is 0.636. The minimum atomic E-state index is -0.213. The van der Waals surface area contributed by atoms with E-state index in [1.807, 2.05) is 30.5 Å². The summed E-state index contributed by atoms with van der Waals surface area (Å²) in [6, 6.07) is 14.4. The van der Waals surface area contributed by atoms with Gasteiger partial charge in [-0.1, -0.05) is 24.3 Å². The molecule has 118 valence electrons. The molecule has 0 amide bonds. The van der Waals surface area contributed by atoms with Crippen LogP contribution in [0.1, 0.15) is 10.6 Å². The standard InChI is InChI=1S/C18H17FN2OS/c1-22-16-5-3-2-4-15(16)17-11-21-18(23-17)12-20-10-13-6-8-14(19)9-7-13/h2-9,11,20H,10,12H2,1H3. The SMILES string of the molecule is COc1ccccc1-c1cnc(CNCc2ccc(F)cc2)s1. The summed E-state index contributed by atoms with van der Waals surface area (Å²) in [6.45, 7) is 1.36. The zero-order chi connectivity index (χ0) is 16.1. The Morgan fingerprint density at radius 1 is 1.09 bits per heavy atom. The summed E-state index contributed by atoms with van der Waals surface area (Å²) in [4.78, 5) is 5.54. The molecule has 1 heterocycles. The first-order chi connectivity index (χ1) is 11.3. The van der Waals surface area contributed by atoms with Gasteiger partial charge in [0.1, 0.15) is 16.6 Å². The van der Waals surface area contributed by atoms with Crippen molar-refractivity contribution in [3.8, 4) is 16.2 Å². The summed E-state index contributed by atoms with van der Waals surface area (Å²) in [7, 11) is 1.67. The van der Waals surface area contributed by atoms with E-state index >= 15 is 0 Å². The van der Waals surface area contributed by atoms with Gasteiger partial charge in [-0.3, -0.25) is 0 Å². The van der Waals surface area contributed by atoms with Gasteiger partial charge in [0.25, 0.3) is 0 Å². The molecule has 0 saturated heterocycles. The van der Waals surface area contributed by atoms with E-state index in [0.717, 1.165) is 26.8 Å². The first-order valence-corrected chi connectivity index (χ1v) is 8.11. The lowest BCUT2D eigenvalue weighted by Gasteiger charge is -2.05. The number of nitrogens with zero attached hydrogens (tertiary/aromatic N) is 1. The van der Waals surface area contributed by atoms with E-state index < -0.39 is 0 Å². The van der Waals surface area contributed by atoms with E-state index in [0.29, 0.717) is 13.1 Å². The number of hydrogen-bond donors (Lipinski definition) is 1. The van der Waals surface area contributed by atoms with Crippen molar-refractivity contribution in [2.45, 2.75) is 13.1 Å². The number of halogens is 1. The number of benzene rings is 2. The lowest BCUT2D eigenvalue weighted by molar-refractivity contribution is 0.416. The average molecular weight is 328 g/mol. The number of ether oxygens (including phenoxy) is 1. The molecule has 1 N–H and O–H groups in total. The van der Waals surface area contributed by atoms with Gasteiger partial charge >= 0.3 is 0 Å². The molecule has 0 aliphatic carbocycles. The lowest BCUT2D eigenvalue weighted by atomic mass is 10.2. The molecule has 23 heavy (non-hydrogen) atoms. The van der Waals surface area contributed by atoms with Gasteiger partial charge in [-0.05, 0) is 29.8 Å². The Balaban J connectivity index is 1.62. The van der Waals surface area contributed by atoms with Gasteiger partial charge in [-0.2, -0.15) is 0 Å². The fourth-order valence-corrected chi connectivity index (χ4v) is 3.20. The maximum atomic E-state index is 12.9. The predicted molar refractivity (Wildman–Crippen MR) is 91.0 cm³/mol. The summed E-state index contributed by atoms with van der Waals surface area (Å²) < 4.78 is 18.3. The van der Waals surface area contributed by atoms with Crippen molar-refractivity contribution < 1.29 is 9.13 Å². The summed E-state index contributed by atoms with van der Waals surface area (Å²) >= 11 is 1.64. The molecule has 0 spiro atoms. The van der Waals surface area contributed by atoms with Crippen molar-refractivity contribution >= 4 is 11.3 Å². The molecule has 0 atom stereocenters. The smallest absolute Gasteiger partial charge is 0.127 e. The third kappa shape index (κ3) is 3.94. The minimum Gasteiger partial charge on any atom is -0.496 e. The Bertz CT molecular complexity index is 771. The quantitative estimate of drug-likeness (QED) is 0.734. The highest BCUT2D eigenvalue weighted by molar-refractivity contribution is 7.15. The second-order valence-corrected chi connectivity index (χ2v) is 6.16. The summed E-state index contributed by atoms with van der Waals surface area (Å²) in [5.41, 5.74) is 2.10. The number of aromatic nitrogens is 1. The largest absolute Gasteiger partial charge is 0.496 e. The van der Waals surface area contributed by atoms with E-state index in [9.17, 15) is 4.39 Å². The molecule has 3 nitrogen and oxygen atoms in total. The first-order valence-electron chi connectivity index (χ1n) is 7.29. The second kappa shape index (κ2) is 7.35. The fourth-order valence-electron chi connectivity index (χ4n) is 2.28. The zero-order valence-corrected chi connectivity index (χ0v) is 13.6. The van der Waals surface area contributed by atoms with Gasteiger partial charge in [-0.25, -0.2) is 9.37 Å². The van der Waals surface area contributed by atoms with Crippen molar-refractivity contribution in [1.82, 2.24) is 10.3 Å². The van der Waals surface area contributed by atoms with E-state index in [1.54, 1.807) is 30.6 Å². The monoisotopic (exact) mass is 328 g/mol. The van der Waals surface area contributed by atoms with Crippen molar-refractivity contribution in [2.75, 3.05) is 7.11 Å².